The summed E-state index contributed by atoms with van der Waals surface area (Å²) in [6, 6.07) is 3.79. The minimum atomic E-state index is 0.0880. The van der Waals surface area contributed by atoms with Gasteiger partial charge in [0.25, 0.3) is 5.91 Å². The summed E-state index contributed by atoms with van der Waals surface area (Å²) >= 11 is 1.48. The van der Waals surface area contributed by atoms with Crippen molar-refractivity contribution >= 4 is 17.2 Å². The third-order valence-electron chi connectivity index (χ3n) is 4.26. The highest BCUT2D eigenvalue weighted by Crippen LogP contribution is 2.30. The Morgan fingerprint density at radius 1 is 1.46 bits per heavy atom. The summed E-state index contributed by atoms with van der Waals surface area (Å²) in [4.78, 5) is 19.6. The van der Waals surface area contributed by atoms with E-state index in [4.69, 9.17) is 9.52 Å². The van der Waals surface area contributed by atoms with Gasteiger partial charge >= 0.3 is 0 Å². The molecule has 1 aliphatic heterocycles. The number of hydrogen-bond donors (Lipinski definition) is 0. The lowest BCUT2D eigenvalue weighted by atomic mass is 10.0. The molecule has 0 bridgehead atoms. The number of nitrogens with zero attached hydrogens (tertiary/aromatic N) is 4. The molecule has 0 atom stereocenters. The highest BCUT2D eigenvalue weighted by molar-refractivity contribution is 7.12. The predicted octanol–water partition coefficient (Wildman–Crippen LogP) is 3.21. The van der Waals surface area contributed by atoms with Crippen molar-refractivity contribution in [1.29, 1.82) is 0 Å². The molecule has 24 heavy (non-hydrogen) atoms. The second-order valence-electron chi connectivity index (χ2n) is 5.82. The van der Waals surface area contributed by atoms with E-state index in [0.29, 0.717) is 6.54 Å². The molecule has 0 N–H and O–H groups in total. The average molecular weight is 342 g/mol. The van der Waals surface area contributed by atoms with Crippen LogP contribution < -0.4 is 0 Å². The van der Waals surface area contributed by atoms with Crippen LogP contribution in [0.15, 0.2) is 34.6 Å². The molecule has 124 valence electrons. The molecule has 7 heteroatoms. The van der Waals surface area contributed by atoms with Crippen molar-refractivity contribution in [3.63, 3.8) is 0 Å². The Morgan fingerprint density at radius 3 is 3.08 bits per heavy atom. The Hall–Kier alpha value is -2.41. The number of oxazole rings is 1. The van der Waals surface area contributed by atoms with Crippen molar-refractivity contribution in [3.8, 4) is 11.4 Å². The Bertz CT molecular complexity index is 836. The van der Waals surface area contributed by atoms with Crippen LogP contribution in [0.1, 0.15) is 34.3 Å². The molecule has 0 saturated carbocycles. The van der Waals surface area contributed by atoms with E-state index in [1.165, 1.54) is 23.4 Å². The number of carbonyl (C=O) groups excluding carboxylic acids is 1. The molecule has 0 saturated heterocycles. The largest absolute Gasteiger partial charge is 0.451 e. The van der Waals surface area contributed by atoms with Crippen LogP contribution in [0.3, 0.4) is 0 Å². The minimum Gasteiger partial charge on any atom is -0.451 e. The van der Waals surface area contributed by atoms with E-state index < -0.39 is 0 Å². The van der Waals surface area contributed by atoms with E-state index in [0.717, 1.165) is 47.8 Å². The van der Waals surface area contributed by atoms with Gasteiger partial charge in [-0.2, -0.15) is 5.10 Å². The first kappa shape index (κ1) is 15.1. The molecule has 0 aromatic carbocycles. The Balaban J connectivity index is 1.70. The molecular formula is C17H18N4O2S. The van der Waals surface area contributed by atoms with Gasteiger partial charge in [0.2, 0.25) is 0 Å². The van der Waals surface area contributed by atoms with Crippen LogP contribution in [0.2, 0.25) is 0 Å². The molecule has 1 amide bonds. The zero-order valence-corrected chi connectivity index (χ0v) is 14.3. The highest BCUT2D eigenvalue weighted by atomic mass is 32.1. The van der Waals surface area contributed by atoms with E-state index >= 15 is 0 Å². The lowest BCUT2D eigenvalue weighted by Crippen LogP contribution is -2.36. The van der Waals surface area contributed by atoms with Gasteiger partial charge in [-0.3, -0.25) is 9.48 Å². The van der Waals surface area contributed by atoms with Gasteiger partial charge in [-0.1, -0.05) is 13.0 Å². The molecule has 3 aromatic heterocycles. The molecule has 1 aliphatic rings. The van der Waals surface area contributed by atoms with E-state index in [1.54, 1.807) is 6.26 Å². The summed E-state index contributed by atoms with van der Waals surface area (Å²) in [6.07, 6.45) is 4.86. The second kappa shape index (κ2) is 6.24. The Labute approximate surface area is 143 Å². The number of amides is 1. The van der Waals surface area contributed by atoms with Crippen LogP contribution in [0, 0.1) is 0 Å². The minimum absolute atomic E-state index is 0.0880. The summed E-state index contributed by atoms with van der Waals surface area (Å²) < 4.78 is 7.18. The Morgan fingerprint density at radius 2 is 2.38 bits per heavy atom. The first-order chi connectivity index (χ1) is 11.8. The Kier molecular flexibility index (Phi) is 3.93. The molecule has 0 radical (unpaired) electrons. The van der Waals surface area contributed by atoms with Crippen LogP contribution in [-0.4, -0.2) is 32.1 Å². The molecule has 0 spiro atoms. The van der Waals surface area contributed by atoms with Crippen LogP contribution in [0.4, 0.5) is 0 Å². The third-order valence-corrected chi connectivity index (χ3v) is 5.12. The maximum atomic E-state index is 12.7. The zero-order chi connectivity index (χ0) is 16.5. The molecule has 4 rings (SSSR count). The predicted molar refractivity (Wildman–Crippen MR) is 90.8 cm³/mol. The van der Waals surface area contributed by atoms with E-state index in [1.807, 2.05) is 22.4 Å². The molecule has 3 aromatic rings. The molecule has 0 aliphatic carbocycles. The maximum absolute atomic E-state index is 12.7. The average Bonchev–Trinajstić information content (AvgIpc) is 3.35. The monoisotopic (exact) mass is 342 g/mol. The smallest absolute Gasteiger partial charge is 0.264 e. The number of aromatic nitrogens is 3. The summed E-state index contributed by atoms with van der Waals surface area (Å²) in [6.45, 7) is 4.30. The van der Waals surface area contributed by atoms with E-state index in [2.05, 4.69) is 16.6 Å². The van der Waals surface area contributed by atoms with Gasteiger partial charge in [-0.15, -0.1) is 11.3 Å². The SMILES string of the molecule is CCCn1nc(-c2cocn2)c2c1CCN(C(=O)c1cccs1)C2. The first-order valence-corrected chi connectivity index (χ1v) is 8.95. The van der Waals surface area contributed by atoms with Crippen LogP contribution in [-0.2, 0) is 19.5 Å². The molecular weight excluding hydrogens is 324 g/mol. The van der Waals surface area contributed by atoms with Crippen molar-refractivity contribution in [1.82, 2.24) is 19.7 Å². The highest BCUT2D eigenvalue weighted by Gasteiger charge is 2.29. The van der Waals surface area contributed by atoms with Crippen molar-refractivity contribution < 1.29 is 9.21 Å². The zero-order valence-electron chi connectivity index (χ0n) is 13.4. The van der Waals surface area contributed by atoms with Crippen LogP contribution >= 0.6 is 11.3 Å². The van der Waals surface area contributed by atoms with Crippen molar-refractivity contribution in [2.75, 3.05) is 6.54 Å². The fourth-order valence-electron chi connectivity index (χ4n) is 3.15. The number of hydrogen-bond acceptors (Lipinski definition) is 5. The fourth-order valence-corrected chi connectivity index (χ4v) is 3.84. The fraction of sp³-hybridized carbons (Fsp3) is 0.353. The number of aryl methyl sites for hydroxylation is 1. The first-order valence-electron chi connectivity index (χ1n) is 8.07. The van der Waals surface area contributed by atoms with Gasteiger partial charge in [0.05, 0.1) is 11.4 Å². The van der Waals surface area contributed by atoms with Crippen molar-refractivity contribution in [2.24, 2.45) is 0 Å². The van der Waals surface area contributed by atoms with Crippen molar-refractivity contribution in [3.05, 3.63) is 46.3 Å². The summed E-state index contributed by atoms with van der Waals surface area (Å²) in [5.41, 5.74) is 3.86. The molecule has 4 heterocycles. The van der Waals surface area contributed by atoms with Gasteiger partial charge in [-0.25, -0.2) is 4.98 Å². The number of thiophene rings is 1. The number of rotatable bonds is 4. The molecule has 6 nitrogen and oxygen atoms in total. The molecule has 0 unspecified atom stereocenters. The van der Waals surface area contributed by atoms with Crippen LogP contribution in [0.25, 0.3) is 11.4 Å². The molecule has 0 fully saturated rings. The maximum Gasteiger partial charge on any atom is 0.264 e. The quantitative estimate of drug-likeness (QED) is 0.730. The number of fused-ring (bicyclic) bond motifs is 1. The normalized spacial score (nSPS) is 14.0. The van der Waals surface area contributed by atoms with Gasteiger partial charge in [0.15, 0.2) is 6.39 Å². The lowest BCUT2D eigenvalue weighted by molar-refractivity contribution is 0.0738. The standard InChI is InChI=1S/C17H18N4O2S/c1-2-6-21-14-5-7-20(17(22)15-4-3-8-24-15)9-12(14)16(19-21)13-10-23-11-18-13/h3-4,8,10-11H,2,5-7,9H2,1H3. The van der Waals surface area contributed by atoms with Crippen LogP contribution in [0.5, 0.6) is 0 Å². The summed E-state index contributed by atoms with van der Waals surface area (Å²) in [5.74, 6) is 0.0880. The summed E-state index contributed by atoms with van der Waals surface area (Å²) in [5, 5.41) is 6.67. The van der Waals surface area contributed by atoms with Gasteiger partial charge < -0.3 is 9.32 Å². The van der Waals surface area contributed by atoms with E-state index in [9.17, 15) is 4.79 Å². The van der Waals surface area contributed by atoms with E-state index in [-0.39, 0.29) is 5.91 Å². The lowest BCUT2D eigenvalue weighted by Gasteiger charge is -2.27. The van der Waals surface area contributed by atoms with Gasteiger partial charge in [0.1, 0.15) is 17.7 Å². The topological polar surface area (TPSA) is 64.2 Å². The van der Waals surface area contributed by atoms with Crippen molar-refractivity contribution in [2.45, 2.75) is 32.9 Å². The van der Waals surface area contributed by atoms with Gasteiger partial charge in [0, 0.05) is 30.8 Å². The van der Waals surface area contributed by atoms with Gasteiger partial charge in [-0.05, 0) is 17.9 Å². The third kappa shape index (κ3) is 2.54. The second-order valence-corrected chi connectivity index (χ2v) is 6.77. The number of carbonyl (C=O) groups is 1. The summed E-state index contributed by atoms with van der Waals surface area (Å²) in [7, 11) is 0.